The van der Waals surface area contributed by atoms with Gasteiger partial charge in [-0.3, -0.25) is 20.0 Å². The Bertz CT molecular complexity index is 993. The number of benzene rings is 1. The van der Waals surface area contributed by atoms with Gasteiger partial charge in [-0.1, -0.05) is 18.2 Å². The number of amides is 1. The maximum absolute atomic E-state index is 12.4. The SMILES string of the molecule is COc1n[nH]c(C(=O)NCc2c(C)nn(-c3ccccc3)c2C)c1[N+](=O)[O-]. The lowest BCUT2D eigenvalue weighted by atomic mass is 10.2. The molecule has 2 aromatic heterocycles. The summed E-state index contributed by atoms with van der Waals surface area (Å²) in [5.74, 6) is -0.891. The van der Waals surface area contributed by atoms with Crippen LogP contribution in [-0.2, 0) is 6.54 Å². The van der Waals surface area contributed by atoms with E-state index in [1.54, 1.807) is 4.68 Å². The van der Waals surface area contributed by atoms with Crippen molar-refractivity contribution in [3.8, 4) is 11.6 Å². The zero-order chi connectivity index (χ0) is 19.6. The third-order valence-electron chi connectivity index (χ3n) is 4.18. The van der Waals surface area contributed by atoms with Crippen LogP contribution in [0.4, 0.5) is 5.69 Å². The highest BCUT2D eigenvalue weighted by Gasteiger charge is 2.30. The number of carbonyl (C=O) groups is 1. The summed E-state index contributed by atoms with van der Waals surface area (Å²) in [4.78, 5) is 22.9. The second kappa shape index (κ2) is 7.28. The molecule has 27 heavy (non-hydrogen) atoms. The van der Waals surface area contributed by atoms with E-state index in [9.17, 15) is 14.9 Å². The fourth-order valence-electron chi connectivity index (χ4n) is 2.80. The molecular weight excluding hydrogens is 352 g/mol. The average Bonchev–Trinajstić information content (AvgIpc) is 3.22. The third-order valence-corrected chi connectivity index (χ3v) is 4.18. The molecule has 0 fully saturated rings. The first-order valence-electron chi connectivity index (χ1n) is 8.09. The van der Waals surface area contributed by atoms with Crippen molar-refractivity contribution >= 4 is 11.6 Å². The molecule has 0 aliphatic carbocycles. The molecule has 2 heterocycles. The van der Waals surface area contributed by atoms with Crippen LogP contribution in [0.1, 0.15) is 27.4 Å². The minimum absolute atomic E-state index is 0.168. The Morgan fingerprint density at radius 1 is 1.33 bits per heavy atom. The fraction of sp³-hybridized carbons (Fsp3) is 0.235. The van der Waals surface area contributed by atoms with Gasteiger partial charge in [-0.15, -0.1) is 5.10 Å². The Kier molecular flexibility index (Phi) is 4.88. The highest BCUT2D eigenvalue weighted by Crippen LogP contribution is 2.27. The number of H-pyrrole nitrogens is 1. The van der Waals surface area contributed by atoms with Crippen molar-refractivity contribution in [1.29, 1.82) is 0 Å². The molecule has 3 rings (SSSR count). The van der Waals surface area contributed by atoms with Crippen molar-refractivity contribution in [2.45, 2.75) is 20.4 Å². The topological polar surface area (TPSA) is 128 Å². The number of methoxy groups -OCH3 is 1. The number of hydrogen-bond acceptors (Lipinski definition) is 6. The number of aromatic nitrogens is 4. The molecule has 0 spiro atoms. The van der Waals surface area contributed by atoms with Gasteiger partial charge in [-0.05, 0) is 26.0 Å². The van der Waals surface area contributed by atoms with Gasteiger partial charge < -0.3 is 10.1 Å². The molecule has 1 amide bonds. The predicted molar refractivity (Wildman–Crippen MR) is 96.0 cm³/mol. The van der Waals surface area contributed by atoms with Crippen LogP contribution in [0.25, 0.3) is 5.69 Å². The van der Waals surface area contributed by atoms with E-state index < -0.39 is 16.5 Å². The second-order valence-corrected chi connectivity index (χ2v) is 5.79. The summed E-state index contributed by atoms with van der Waals surface area (Å²) in [6, 6.07) is 9.61. The molecule has 0 atom stereocenters. The van der Waals surface area contributed by atoms with Crippen molar-refractivity contribution < 1.29 is 14.5 Å². The lowest BCUT2D eigenvalue weighted by molar-refractivity contribution is -0.386. The molecule has 0 saturated carbocycles. The van der Waals surface area contributed by atoms with Gasteiger partial charge in [0, 0.05) is 17.8 Å². The highest BCUT2D eigenvalue weighted by molar-refractivity contribution is 5.97. The van der Waals surface area contributed by atoms with Crippen LogP contribution in [0.15, 0.2) is 30.3 Å². The van der Waals surface area contributed by atoms with Gasteiger partial charge in [0.25, 0.3) is 5.91 Å². The van der Waals surface area contributed by atoms with Crippen LogP contribution >= 0.6 is 0 Å². The number of aryl methyl sites for hydroxylation is 1. The van der Waals surface area contributed by atoms with Gasteiger partial charge in [0.2, 0.25) is 5.69 Å². The quantitative estimate of drug-likeness (QED) is 0.505. The Morgan fingerprint density at radius 2 is 2.04 bits per heavy atom. The molecule has 140 valence electrons. The maximum Gasteiger partial charge on any atom is 0.362 e. The molecule has 2 N–H and O–H groups in total. The number of carbonyl (C=O) groups excluding carboxylic acids is 1. The van der Waals surface area contributed by atoms with E-state index in [0.29, 0.717) is 0 Å². The van der Waals surface area contributed by atoms with Crippen molar-refractivity contribution in [1.82, 2.24) is 25.3 Å². The molecule has 0 unspecified atom stereocenters. The van der Waals surface area contributed by atoms with Crippen molar-refractivity contribution in [2.75, 3.05) is 7.11 Å². The highest BCUT2D eigenvalue weighted by atomic mass is 16.6. The molecule has 10 nitrogen and oxygen atoms in total. The van der Waals surface area contributed by atoms with Gasteiger partial charge in [-0.2, -0.15) is 5.10 Å². The van der Waals surface area contributed by atoms with Gasteiger partial charge >= 0.3 is 11.6 Å². The smallest absolute Gasteiger partial charge is 0.362 e. The molecule has 0 aliphatic heterocycles. The molecular formula is C17H18N6O4. The number of ether oxygens (including phenoxy) is 1. The van der Waals surface area contributed by atoms with Crippen molar-refractivity contribution in [3.05, 3.63) is 63.1 Å². The predicted octanol–water partition coefficient (Wildman–Crippen LogP) is 2.06. The number of rotatable bonds is 6. The molecule has 0 saturated heterocycles. The van der Waals surface area contributed by atoms with E-state index in [4.69, 9.17) is 4.74 Å². The van der Waals surface area contributed by atoms with Crippen LogP contribution < -0.4 is 10.1 Å². The number of nitro groups is 1. The summed E-state index contributed by atoms with van der Waals surface area (Å²) in [6.07, 6.45) is 0. The second-order valence-electron chi connectivity index (χ2n) is 5.79. The molecule has 0 bridgehead atoms. The standard InChI is InChI=1S/C17H18N6O4/c1-10-13(11(2)22(21-10)12-7-5-4-6-8-12)9-18-16(24)14-15(23(25)26)17(27-3)20-19-14/h4-8H,9H2,1-3H3,(H,18,24)(H,19,20). The molecule has 10 heteroatoms. The Hall–Kier alpha value is -3.69. The zero-order valence-electron chi connectivity index (χ0n) is 15.0. The van der Waals surface area contributed by atoms with Crippen molar-refractivity contribution in [2.24, 2.45) is 0 Å². The van der Waals surface area contributed by atoms with E-state index in [0.717, 1.165) is 22.6 Å². The first kappa shape index (κ1) is 18.1. The molecule has 1 aromatic carbocycles. The monoisotopic (exact) mass is 370 g/mol. The lowest BCUT2D eigenvalue weighted by Crippen LogP contribution is -2.24. The Balaban J connectivity index is 1.82. The first-order chi connectivity index (χ1) is 12.9. The summed E-state index contributed by atoms with van der Waals surface area (Å²) in [5, 5.41) is 24.4. The minimum atomic E-state index is -0.707. The molecule has 3 aromatic rings. The van der Waals surface area contributed by atoms with E-state index in [-0.39, 0.29) is 18.1 Å². The van der Waals surface area contributed by atoms with E-state index in [1.807, 2.05) is 44.2 Å². The van der Waals surface area contributed by atoms with E-state index in [1.165, 1.54) is 7.11 Å². The summed E-state index contributed by atoms with van der Waals surface area (Å²) in [7, 11) is 1.25. The summed E-state index contributed by atoms with van der Waals surface area (Å²) in [6.45, 7) is 3.91. The van der Waals surface area contributed by atoms with E-state index in [2.05, 4.69) is 20.6 Å². The largest absolute Gasteiger partial charge is 0.475 e. The number of nitrogens with one attached hydrogen (secondary N) is 2. The zero-order valence-corrected chi connectivity index (χ0v) is 15.0. The Labute approximate surface area is 154 Å². The van der Waals surface area contributed by atoms with Gasteiger partial charge in [0.15, 0.2) is 0 Å². The average molecular weight is 370 g/mol. The van der Waals surface area contributed by atoms with Crippen LogP contribution in [-0.4, -0.2) is 37.9 Å². The van der Waals surface area contributed by atoms with Gasteiger partial charge in [0.05, 0.1) is 23.4 Å². The number of aromatic amines is 1. The summed E-state index contributed by atoms with van der Waals surface area (Å²) < 4.78 is 6.60. The van der Waals surface area contributed by atoms with Crippen LogP contribution in [0.3, 0.4) is 0 Å². The van der Waals surface area contributed by atoms with Crippen LogP contribution in [0.5, 0.6) is 5.88 Å². The Morgan fingerprint density at radius 3 is 2.67 bits per heavy atom. The van der Waals surface area contributed by atoms with Crippen molar-refractivity contribution in [3.63, 3.8) is 0 Å². The van der Waals surface area contributed by atoms with Gasteiger partial charge in [0.1, 0.15) is 0 Å². The fourth-order valence-corrected chi connectivity index (χ4v) is 2.80. The summed E-state index contributed by atoms with van der Waals surface area (Å²) in [5.41, 5.74) is 2.61. The first-order valence-corrected chi connectivity index (χ1v) is 8.09. The van der Waals surface area contributed by atoms with Gasteiger partial charge in [-0.25, -0.2) is 4.68 Å². The molecule has 0 aliphatic rings. The summed E-state index contributed by atoms with van der Waals surface area (Å²) >= 11 is 0. The van der Waals surface area contributed by atoms with E-state index >= 15 is 0 Å². The normalized spacial score (nSPS) is 10.6. The maximum atomic E-state index is 12.4. The number of nitrogens with zero attached hydrogens (tertiary/aromatic N) is 4. The number of para-hydroxylation sites is 1. The minimum Gasteiger partial charge on any atom is -0.475 e. The number of hydrogen-bond donors (Lipinski definition) is 2. The molecule has 0 radical (unpaired) electrons. The van der Waals surface area contributed by atoms with Crippen LogP contribution in [0.2, 0.25) is 0 Å². The van der Waals surface area contributed by atoms with Crippen LogP contribution in [0, 0.1) is 24.0 Å². The lowest BCUT2D eigenvalue weighted by Gasteiger charge is -2.06. The third kappa shape index (κ3) is 3.36.